The van der Waals surface area contributed by atoms with Gasteiger partial charge in [0.25, 0.3) is 0 Å². The Morgan fingerprint density at radius 1 is 1.00 bits per heavy atom. The summed E-state index contributed by atoms with van der Waals surface area (Å²) >= 11 is 2.44. The molecule has 0 aromatic heterocycles. The average Bonchev–Trinajstić information content (AvgIpc) is 2.77. The monoisotopic (exact) mass is 520 g/mol. The maximum atomic E-state index is 10.4. The maximum absolute atomic E-state index is 10.4. The van der Waals surface area contributed by atoms with Gasteiger partial charge in [-0.3, -0.25) is 0 Å². The molecular formula is C27H37IO2. The molecule has 0 radical (unpaired) electrons. The number of hydrogen-bond acceptors (Lipinski definition) is 2. The first-order valence-electron chi connectivity index (χ1n) is 11.7. The minimum absolute atomic E-state index is 0.0542. The number of aliphatic hydroxyl groups excluding tert-OH is 2. The van der Waals surface area contributed by atoms with Crippen LogP contribution in [0.5, 0.6) is 0 Å². The van der Waals surface area contributed by atoms with Gasteiger partial charge in [-0.1, -0.05) is 63.9 Å². The van der Waals surface area contributed by atoms with Gasteiger partial charge in [0.05, 0.1) is 0 Å². The fraction of sp³-hybridized carbons (Fsp3) is 0.556. The van der Waals surface area contributed by atoms with Gasteiger partial charge in [0.15, 0.2) is 0 Å². The van der Waals surface area contributed by atoms with E-state index in [9.17, 15) is 10.2 Å². The number of hydrogen-bond donors (Lipinski definition) is 2. The van der Waals surface area contributed by atoms with Crippen molar-refractivity contribution in [2.45, 2.75) is 71.1 Å². The molecular weight excluding hydrogens is 483 g/mol. The number of fused-ring (bicyclic) bond motifs is 1. The molecule has 1 aliphatic carbocycles. The van der Waals surface area contributed by atoms with E-state index in [2.05, 4.69) is 79.8 Å². The first-order valence-corrected chi connectivity index (χ1v) is 12.8. The topological polar surface area (TPSA) is 40.5 Å². The summed E-state index contributed by atoms with van der Waals surface area (Å²) in [6, 6.07) is 13.9. The summed E-state index contributed by atoms with van der Waals surface area (Å²) in [6.07, 6.45) is 6.63. The lowest BCUT2D eigenvalue weighted by Gasteiger charge is -2.39. The van der Waals surface area contributed by atoms with Gasteiger partial charge in [-0.15, -0.1) is 0 Å². The van der Waals surface area contributed by atoms with E-state index in [-0.39, 0.29) is 31.0 Å². The SMILES string of the molecule is CCCc1cc(C2c3cc([C@H](CC)CCC)ccc3CC(CO)[C@H]2CO)ccc1I. The molecule has 2 N–H and O–H groups in total. The zero-order valence-corrected chi connectivity index (χ0v) is 20.9. The van der Waals surface area contributed by atoms with Crippen LogP contribution < -0.4 is 0 Å². The standard InChI is InChI=1S/C27H37IO2/c1-4-7-18(6-3)19-9-10-20-13-23(16-29)25(17-30)27(24(20)15-19)22-11-12-26(28)21(14-22)8-5-2/h9-12,14-15,18,23,25,27,29-30H,4-8,13,16-17H2,1-3H3/t18-,23?,25-,27?/m1/s1. The third-order valence-corrected chi connectivity index (χ3v) is 8.07. The van der Waals surface area contributed by atoms with Crippen molar-refractivity contribution in [3.8, 4) is 0 Å². The highest BCUT2D eigenvalue weighted by molar-refractivity contribution is 14.1. The maximum Gasteiger partial charge on any atom is 0.0471 e. The van der Waals surface area contributed by atoms with Crippen molar-refractivity contribution in [2.24, 2.45) is 11.8 Å². The Morgan fingerprint density at radius 2 is 1.80 bits per heavy atom. The molecule has 2 unspecified atom stereocenters. The van der Waals surface area contributed by atoms with Crippen LogP contribution in [0.2, 0.25) is 0 Å². The molecule has 0 saturated carbocycles. The fourth-order valence-corrected chi connectivity index (χ4v) is 5.97. The quantitative estimate of drug-likeness (QED) is 0.374. The van der Waals surface area contributed by atoms with Crippen molar-refractivity contribution in [2.75, 3.05) is 13.2 Å². The van der Waals surface area contributed by atoms with Gasteiger partial charge >= 0.3 is 0 Å². The smallest absolute Gasteiger partial charge is 0.0471 e. The fourth-order valence-electron chi connectivity index (χ4n) is 5.36. The van der Waals surface area contributed by atoms with Crippen molar-refractivity contribution in [1.82, 2.24) is 0 Å². The largest absolute Gasteiger partial charge is 0.396 e. The predicted molar refractivity (Wildman–Crippen MR) is 134 cm³/mol. The number of benzene rings is 2. The number of rotatable bonds is 9. The van der Waals surface area contributed by atoms with Crippen molar-refractivity contribution >= 4 is 22.6 Å². The van der Waals surface area contributed by atoms with E-state index in [0.717, 1.165) is 25.7 Å². The van der Waals surface area contributed by atoms with Crippen molar-refractivity contribution in [3.63, 3.8) is 0 Å². The molecule has 1 aliphatic rings. The summed E-state index contributed by atoms with van der Waals surface area (Å²) in [7, 11) is 0. The molecule has 2 aromatic carbocycles. The van der Waals surface area contributed by atoms with Crippen LogP contribution in [0.1, 0.15) is 86.1 Å². The normalized spacial score (nSPS) is 22.0. The van der Waals surface area contributed by atoms with Crippen molar-refractivity contribution < 1.29 is 10.2 Å². The van der Waals surface area contributed by atoms with Gasteiger partial charge in [0, 0.05) is 22.7 Å². The van der Waals surface area contributed by atoms with E-state index in [1.54, 1.807) is 0 Å². The van der Waals surface area contributed by atoms with E-state index < -0.39 is 0 Å². The Labute approximate surface area is 196 Å². The Hall–Kier alpha value is -0.910. The molecule has 0 heterocycles. The van der Waals surface area contributed by atoms with Crippen LogP contribution >= 0.6 is 22.6 Å². The molecule has 0 saturated heterocycles. The highest BCUT2D eigenvalue weighted by atomic mass is 127. The molecule has 0 amide bonds. The van der Waals surface area contributed by atoms with E-state index in [1.807, 2.05) is 0 Å². The third-order valence-electron chi connectivity index (χ3n) is 7.02. The van der Waals surface area contributed by atoms with Crippen LogP contribution in [0.25, 0.3) is 0 Å². The van der Waals surface area contributed by atoms with Crippen LogP contribution in [0.4, 0.5) is 0 Å². The second kappa shape index (κ2) is 11.1. The molecule has 0 spiro atoms. The minimum Gasteiger partial charge on any atom is -0.396 e. The number of halogens is 1. The van der Waals surface area contributed by atoms with E-state index in [1.165, 1.54) is 44.2 Å². The van der Waals surface area contributed by atoms with Crippen LogP contribution in [0.15, 0.2) is 36.4 Å². The second-order valence-corrected chi connectivity index (χ2v) is 10.1. The van der Waals surface area contributed by atoms with Crippen molar-refractivity contribution in [3.05, 3.63) is 67.8 Å². The summed E-state index contributed by atoms with van der Waals surface area (Å²) in [5.74, 6) is 0.891. The van der Waals surface area contributed by atoms with E-state index in [0.29, 0.717) is 5.92 Å². The van der Waals surface area contributed by atoms with Crippen LogP contribution in [0, 0.1) is 15.4 Å². The zero-order chi connectivity index (χ0) is 21.7. The zero-order valence-electron chi connectivity index (χ0n) is 18.7. The molecule has 30 heavy (non-hydrogen) atoms. The van der Waals surface area contributed by atoms with Gasteiger partial charge in [-0.05, 0) is 99.9 Å². The Bertz CT molecular complexity index is 832. The number of aliphatic hydroxyl groups is 2. The van der Waals surface area contributed by atoms with Crippen LogP contribution in [-0.4, -0.2) is 23.4 Å². The first-order chi connectivity index (χ1) is 14.6. The van der Waals surface area contributed by atoms with Gasteiger partial charge in [0.1, 0.15) is 0 Å². The van der Waals surface area contributed by atoms with Gasteiger partial charge in [-0.25, -0.2) is 0 Å². The van der Waals surface area contributed by atoms with Gasteiger partial charge in [0.2, 0.25) is 0 Å². The molecule has 164 valence electrons. The molecule has 2 aromatic rings. The molecule has 2 nitrogen and oxygen atoms in total. The average molecular weight is 520 g/mol. The molecule has 3 heteroatoms. The van der Waals surface area contributed by atoms with Crippen LogP contribution in [0.3, 0.4) is 0 Å². The Morgan fingerprint density at radius 3 is 2.43 bits per heavy atom. The minimum atomic E-state index is 0.0542. The second-order valence-electron chi connectivity index (χ2n) is 8.92. The molecule has 0 aliphatic heterocycles. The summed E-state index contributed by atoms with van der Waals surface area (Å²) in [4.78, 5) is 0. The summed E-state index contributed by atoms with van der Waals surface area (Å²) in [5.41, 5.74) is 6.83. The van der Waals surface area contributed by atoms with Crippen LogP contribution in [-0.2, 0) is 12.8 Å². The third kappa shape index (κ3) is 4.94. The van der Waals surface area contributed by atoms with E-state index in [4.69, 9.17) is 0 Å². The lowest BCUT2D eigenvalue weighted by atomic mass is 9.66. The summed E-state index contributed by atoms with van der Waals surface area (Å²) < 4.78 is 1.32. The molecule has 0 bridgehead atoms. The van der Waals surface area contributed by atoms with E-state index >= 15 is 0 Å². The van der Waals surface area contributed by atoms with Gasteiger partial charge < -0.3 is 10.2 Å². The predicted octanol–water partition coefficient (Wildman–Crippen LogP) is 6.44. The lowest BCUT2D eigenvalue weighted by molar-refractivity contribution is 0.101. The Kier molecular flexibility index (Phi) is 8.79. The highest BCUT2D eigenvalue weighted by Crippen LogP contribution is 2.45. The molecule has 4 atom stereocenters. The number of aryl methyl sites for hydroxylation is 1. The molecule has 0 fully saturated rings. The molecule has 3 rings (SSSR count). The first kappa shape index (κ1) is 23.7. The Balaban J connectivity index is 2.13. The highest BCUT2D eigenvalue weighted by Gasteiger charge is 2.37. The summed E-state index contributed by atoms with van der Waals surface area (Å²) in [6.45, 7) is 7.01. The van der Waals surface area contributed by atoms with Crippen molar-refractivity contribution in [1.29, 1.82) is 0 Å². The summed E-state index contributed by atoms with van der Waals surface area (Å²) in [5, 5.41) is 20.5. The van der Waals surface area contributed by atoms with Gasteiger partial charge in [-0.2, -0.15) is 0 Å². The lowest BCUT2D eigenvalue weighted by Crippen LogP contribution is -2.35.